The number of amides is 2. The number of carbonyl (C=O) groups excluding carboxylic acids is 2. The predicted molar refractivity (Wildman–Crippen MR) is 92.7 cm³/mol. The maximum Gasteiger partial charge on any atom is 0.266 e. The Morgan fingerprint density at radius 3 is 2.61 bits per heavy atom. The number of thioether (sulfide) groups is 1. The van der Waals surface area contributed by atoms with Crippen molar-refractivity contribution in [3.05, 3.63) is 35.2 Å². The van der Waals surface area contributed by atoms with Crippen molar-refractivity contribution in [2.75, 3.05) is 25.5 Å². The maximum absolute atomic E-state index is 12.3. The van der Waals surface area contributed by atoms with E-state index in [2.05, 4.69) is 10.3 Å². The Labute approximate surface area is 139 Å². The van der Waals surface area contributed by atoms with E-state index in [4.69, 9.17) is 4.74 Å². The van der Waals surface area contributed by atoms with Gasteiger partial charge in [-0.05, 0) is 49.9 Å². The van der Waals surface area contributed by atoms with Crippen LogP contribution in [0.4, 0.5) is 5.69 Å². The first-order valence-corrected chi connectivity index (χ1v) is 8.11. The van der Waals surface area contributed by atoms with Crippen LogP contribution in [0.25, 0.3) is 0 Å². The number of hydrogen-bond acceptors (Lipinski definition) is 5. The highest BCUT2D eigenvalue weighted by Crippen LogP contribution is 2.30. The third kappa shape index (κ3) is 4.13. The normalized spacial score (nSPS) is 17.9. The molecule has 0 spiro atoms. The number of nitrogens with one attached hydrogen (secondary N) is 1. The highest BCUT2D eigenvalue weighted by molar-refractivity contribution is 8.18. The Hall–Kier alpha value is -2.28. The van der Waals surface area contributed by atoms with Crippen molar-refractivity contribution in [1.29, 1.82) is 0 Å². The molecule has 0 atom stereocenters. The molecule has 1 fully saturated rings. The molecule has 6 nitrogen and oxygen atoms in total. The first-order chi connectivity index (χ1) is 11.1. The average Bonchev–Trinajstić information content (AvgIpc) is 2.83. The first-order valence-electron chi connectivity index (χ1n) is 7.30. The summed E-state index contributed by atoms with van der Waals surface area (Å²) in [6.45, 7) is 4.91. The summed E-state index contributed by atoms with van der Waals surface area (Å²) in [5, 5.41) is 3.37. The second kappa shape index (κ2) is 7.82. The van der Waals surface area contributed by atoms with Crippen molar-refractivity contribution >= 4 is 34.4 Å². The van der Waals surface area contributed by atoms with Crippen molar-refractivity contribution in [3.63, 3.8) is 0 Å². The van der Waals surface area contributed by atoms with Gasteiger partial charge < -0.3 is 10.1 Å². The minimum Gasteiger partial charge on any atom is -0.497 e. The molecule has 7 heteroatoms. The fourth-order valence-corrected chi connectivity index (χ4v) is 3.09. The Kier molecular flexibility index (Phi) is 5.81. The molecule has 0 unspecified atom stereocenters. The average molecular weight is 333 g/mol. The van der Waals surface area contributed by atoms with Crippen LogP contribution < -0.4 is 10.1 Å². The molecule has 23 heavy (non-hydrogen) atoms. The number of aliphatic imine (C=N–C) groups is 1. The van der Waals surface area contributed by atoms with Crippen molar-refractivity contribution in [2.24, 2.45) is 4.99 Å². The zero-order chi connectivity index (χ0) is 16.8. The number of anilines is 1. The van der Waals surface area contributed by atoms with Crippen LogP contribution >= 0.6 is 11.8 Å². The number of amidine groups is 1. The molecule has 1 aromatic rings. The SMILES string of the molecule is CCN=C1S/C(=C/C(=O)Nc2ccc(OC)cc2)C(=O)N1CC. The van der Waals surface area contributed by atoms with Crippen LogP contribution in [-0.4, -0.2) is 42.1 Å². The van der Waals surface area contributed by atoms with Gasteiger partial charge in [0.15, 0.2) is 5.17 Å². The van der Waals surface area contributed by atoms with Crippen LogP contribution in [0.1, 0.15) is 13.8 Å². The molecule has 1 aliphatic rings. The van der Waals surface area contributed by atoms with Crippen molar-refractivity contribution in [1.82, 2.24) is 4.90 Å². The molecule has 2 rings (SSSR count). The lowest BCUT2D eigenvalue weighted by Gasteiger charge is -2.11. The Bertz CT molecular complexity index is 653. The number of ether oxygens (including phenoxy) is 1. The van der Waals surface area contributed by atoms with Gasteiger partial charge in [0.1, 0.15) is 5.75 Å². The van der Waals surface area contributed by atoms with Gasteiger partial charge in [0, 0.05) is 24.9 Å². The summed E-state index contributed by atoms with van der Waals surface area (Å²) in [4.78, 5) is 30.6. The van der Waals surface area contributed by atoms with Crippen LogP contribution in [0, 0.1) is 0 Å². The van der Waals surface area contributed by atoms with Gasteiger partial charge in [0.05, 0.1) is 12.0 Å². The largest absolute Gasteiger partial charge is 0.497 e. The van der Waals surface area contributed by atoms with Crippen molar-refractivity contribution in [2.45, 2.75) is 13.8 Å². The van der Waals surface area contributed by atoms with Crippen molar-refractivity contribution < 1.29 is 14.3 Å². The third-order valence-electron chi connectivity index (χ3n) is 3.12. The first kappa shape index (κ1) is 17.1. The topological polar surface area (TPSA) is 71.0 Å². The van der Waals surface area contributed by atoms with E-state index in [1.807, 2.05) is 13.8 Å². The number of benzene rings is 1. The van der Waals surface area contributed by atoms with Crippen LogP contribution in [0.5, 0.6) is 5.75 Å². The Balaban J connectivity index is 2.09. The summed E-state index contributed by atoms with van der Waals surface area (Å²) < 4.78 is 5.06. The molecule has 1 aliphatic heterocycles. The van der Waals surface area contributed by atoms with E-state index < -0.39 is 0 Å². The second-order valence-electron chi connectivity index (χ2n) is 4.63. The molecule has 122 valence electrons. The summed E-state index contributed by atoms with van der Waals surface area (Å²) in [6.07, 6.45) is 1.32. The highest BCUT2D eigenvalue weighted by atomic mass is 32.2. The van der Waals surface area contributed by atoms with E-state index in [0.717, 1.165) is 0 Å². The number of hydrogen-bond donors (Lipinski definition) is 1. The van der Waals surface area contributed by atoms with E-state index >= 15 is 0 Å². The molecule has 0 bridgehead atoms. The van der Waals surface area contributed by atoms with Gasteiger partial charge >= 0.3 is 0 Å². The van der Waals surface area contributed by atoms with E-state index in [9.17, 15) is 9.59 Å². The third-order valence-corrected chi connectivity index (χ3v) is 4.16. The van der Waals surface area contributed by atoms with Gasteiger partial charge in [-0.25, -0.2) is 0 Å². The van der Waals surface area contributed by atoms with Crippen LogP contribution in [-0.2, 0) is 9.59 Å². The summed E-state index contributed by atoms with van der Waals surface area (Å²) in [5.41, 5.74) is 0.637. The molecule has 0 aromatic heterocycles. The highest BCUT2D eigenvalue weighted by Gasteiger charge is 2.32. The van der Waals surface area contributed by atoms with Gasteiger partial charge in [-0.3, -0.25) is 19.5 Å². The number of carbonyl (C=O) groups is 2. The molecular formula is C16H19N3O3S. The monoisotopic (exact) mass is 333 g/mol. The summed E-state index contributed by atoms with van der Waals surface area (Å²) in [5.74, 6) is 0.177. The minimum atomic E-state index is -0.347. The zero-order valence-electron chi connectivity index (χ0n) is 13.3. The molecular weight excluding hydrogens is 314 g/mol. The van der Waals surface area contributed by atoms with Gasteiger partial charge in [-0.1, -0.05) is 0 Å². The van der Waals surface area contributed by atoms with E-state index in [0.29, 0.717) is 34.6 Å². The van der Waals surface area contributed by atoms with E-state index in [-0.39, 0.29) is 11.8 Å². The molecule has 1 heterocycles. The molecule has 0 radical (unpaired) electrons. The summed E-state index contributed by atoms with van der Waals surface area (Å²) >= 11 is 1.23. The fraction of sp³-hybridized carbons (Fsp3) is 0.312. The van der Waals surface area contributed by atoms with E-state index in [1.54, 1.807) is 36.3 Å². The van der Waals surface area contributed by atoms with Gasteiger partial charge in [-0.2, -0.15) is 0 Å². The number of methoxy groups -OCH3 is 1. The molecule has 0 aliphatic carbocycles. The molecule has 2 amide bonds. The lowest BCUT2D eigenvalue weighted by molar-refractivity contribution is -0.122. The standard InChI is InChI=1S/C16H19N3O3S/c1-4-17-16-19(5-2)15(21)13(23-16)10-14(20)18-11-6-8-12(22-3)9-7-11/h6-10H,4-5H2,1-3H3,(H,18,20)/b13-10+,17-16?. The van der Waals surface area contributed by atoms with E-state index in [1.165, 1.54) is 17.8 Å². The Morgan fingerprint density at radius 1 is 1.35 bits per heavy atom. The quantitative estimate of drug-likeness (QED) is 0.841. The smallest absolute Gasteiger partial charge is 0.266 e. The van der Waals surface area contributed by atoms with Crippen LogP contribution in [0.3, 0.4) is 0 Å². The molecule has 0 saturated carbocycles. The van der Waals surface area contributed by atoms with Gasteiger partial charge in [0.25, 0.3) is 5.91 Å². The maximum atomic E-state index is 12.3. The van der Waals surface area contributed by atoms with Crippen LogP contribution in [0.2, 0.25) is 0 Å². The molecule has 1 aromatic carbocycles. The number of rotatable bonds is 5. The Morgan fingerprint density at radius 2 is 2.04 bits per heavy atom. The minimum absolute atomic E-state index is 0.186. The molecule has 1 saturated heterocycles. The number of nitrogens with zero attached hydrogens (tertiary/aromatic N) is 2. The fourth-order valence-electron chi connectivity index (χ4n) is 2.01. The summed E-state index contributed by atoms with van der Waals surface area (Å²) in [7, 11) is 1.58. The van der Waals surface area contributed by atoms with Crippen LogP contribution in [0.15, 0.2) is 40.2 Å². The van der Waals surface area contributed by atoms with Gasteiger partial charge in [-0.15, -0.1) is 0 Å². The summed E-state index contributed by atoms with van der Waals surface area (Å²) in [6, 6.07) is 6.98. The number of likely N-dealkylation sites (N-methyl/N-ethyl adjacent to an activating group) is 1. The predicted octanol–water partition coefficient (Wildman–Crippen LogP) is 2.49. The second-order valence-corrected chi connectivity index (χ2v) is 5.64. The van der Waals surface area contributed by atoms with Gasteiger partial charge in [0.2, 0.25) is 5.91 Å². The molecule has 1 N–H and O–H groups in total. The van der Waals surface area contributed by atoms with Crippen molar-refractivity contribution in [3.8, 4) is 5.75 Å². The lowest BCUT2D eigenvalue weighted by atomic mass is 10.3. The zero-order valence-corrected chi connectivity index (χ0v) is 14.1. The lowest BCUT2D eigenvalue weighted by Crippen LogP contribution is -2.29.